The number of β-amino-alcohol motifs (C(OH)–C–C–N with tert-alkyl or cyclic N) is 1. The number of aliphatic hydroxyl groups excluding tert-OH is 1. The largest absolute Gasteiger partial charge is 0.390 e. The third-order valence-electron chi connectivity index (χ3n) is 5.24. The quantitative estimate of drug-likeness (QED) is 0.683. The van der Waals surface area contributed by atoms with Crippen LogP contribution in [0, 0.1) is 11.3 Å². The van der Waals surface area contributed by atoms with Gasteiger partial charge in [0.1, 0.15) is 0 Å². The molecule has 1 aliphatic heterocycles. The number of rotatable bonds is 8. The molecule has 2 aromatic rings. The molecule has 1 N–H and O–H groups in total. The van der Waals surface area contributed by atoms with Gasteiger partial charge in [-0.3, -0.25) is 9.80 Å². The number of benzene rings is 2. The van der Waals surface area contributed by atoms with Crippen LogP contribution < -0.4 is 0 Å². The lowest BCUT2D eigenvalue weighted by Crippen LogP contribution is -2.51. The van der Waals surface area contributed by atoms with Crippen molar-refractivity contribution in [3.8, 4) is 6.07 Å². The average Bonchev–Trinajstić information content (AvgIpc) is 2.74. The van der Waals surface area contributed by atoms with Gasteiger partial charge in [-0.15, -0.1) is 0 Å². The summed E-state index contributed by atoms with van der Waals surface area (Å²) in [5.74, 6) is 0. The zero-order chi connectivity index (χ0) is 21.6. The van der Waals surface area contributed by atoms with Crippen LogP contribution in [0.15, 0.2) is 59.5 Å². The van der Waals surface area contributed by atoms with Gasteiger partial charge in [0, 0.05) is 45.8 Å². The van der Waals surface area contributed by atoms with Crippen molar-refractivity contribution >= 4 is 10.0 Å². The predicted molar refractivity (Wildman–Crippen MR) is 115 cm³/mol. The summed E-state index contributed by atoms with van der Waals surface area (Å²) >= 11 is 0. The number of piperazine rings is 1. The van der Waals surface area contributed by atoms with Gasteiger partial charge in [0.25, 0.3) is 0 Å². The van der Waals surface area contributed by atoms with Crippen LogP contribution in [-0.4, -0.2) is 80.0 Å². The van der Waals surface area contributed by atoms with Crippen LogP contribution >= 0.6 is 0 Å². The van der Waals surface area contributed by atoms with Crippen molar-refractivity contribution in [2.75, 3.05) is 46.3 Å². The normalized spacial score (nSPS) is 17.0. The number of aliphatic hydroxyl groups is 1. The molecule has 1 aliphatic rings. The Bertz CT molecular complexity index is 950. The topological polar surface area (TPSA) is 87.9 Å². The van der Waals surface area contributed by atoms with Crippen LogP contribution in [0.3, 0.4) is 0 Å². The minimum absolute atomic E-state index is 0.206. The molecule has 160 valence electrons. The number of hydrogen-bond acceptors (Lipinski definition) is 6. The first-order valence-electron chi connectivity index (χ1n) is 10.0. The summed E-state index contributed by atoms with van der Waals surface area (Å²) in [5.41, 5.74) is 1.64. The predicted octanol–water partition coefficient (Wildman–Crippen LogP) is 1.36. The molecule has 1 fully saturated rings. The number of hydrogen-bond donors (Lipinski definition) is 1. The van der Waals surface area contributed by atoms with Gasteiger partial charge in [-0.05, 0) is 36.9 Å². The van der Waals surface area contributed by atoms with Crippen LogP contribution in [0.5, 0.6) is 0 Å². The average molecular weight is 429 g/mol. The molecule has 30 heavy (non-hydrogen) atoms. The van der Waals surface area contributed by atoms with E-state index in [0.717, 1.165) is 6.54 Å². The minimum Gasteiger partial charge on any atom is -0.390 e. The van der Waals surface area contributed by atoms with Crippen molar-refractivity contribution in [2.45, 2.75) is 17.5 Å². The highest BCUT2D eigenvalue weighted by Gasteiger charge is 2.29. The minimum atomic E-state index is -3.57. The molecule has 7 nitrogen and oxygen atoms in total. The fourth-order valence-electron chi connectivity index (χ4n) is 3.68. The van der Waals surface area contributed by atoms with E-state index in [1.54, 1.807) is 0 Å². The van der Waals surface area contributed by atoms with Gasteiger partial charge in [0.05, 0.1) is 22.6 Å². The van der Waals surface area contributed by atoms with Gasteiger partial charge in [-0.25, -0.2) is 8.42 Å². The van der Waals surface area contributed by atoms with E-state index in [9.17, 15) is 13.5 Å². The van der Waals surface area contributed by atoms with Crippen molar-refractivity contribution in [2.24, 2.45) is 0 Å². The Labute approximate surface area is 178 Å². The highest BCUT2D eigenvalue weighted by atomic mass is 32.2. The molecule has 0 spiro atoms. The van der Waals surface area contributed by atoms with Gasteiger partial charge in [0.2, 0.25) is 10.0 Å². The molecule has 0 aromatic heterocycles. The maximum Gasteiger partial charge on any atom is 0.243 e. The molecule has 0 amide bonds. The Morgan fingerprint density at radius 2 is 1.70 bits per heavy atom. The number of nitrogens with zero attached hydrogens (tertiary/aromatic N) is 4. The molecule has 1 saturated heterocycles. The summed E-state index contributed by atoms with van der Waals surface area (Å²) in [7, 11) is -1.58. The third kappa shape index (κ3) is 5.88. The number of nitriles is 1. The highest BCUT2D eigenvalue weighted by Crippen LogP contribution is 2.18. The summed E-state index contributed by atoms with van der Waals surface area (Å²) in [6, 6.07) is 18.1. The Hall–Kier alpha value is -2.28. The Morgan fingerprint density at radius 1 is 1.07 bits per heavy atom. The molecule has 0 aliphatic carbocycles. The maximum atomic E-state index is 12.8. The lowest BCUT2D eigenvalue weighted by molar-refractivity contribution is 0.0669. The summed E-state index contributed by atoms with van der Waals surface area (Å²) in [6.45, 7) is 3.77. The van der Waals surface area contributed by atoms with Gasteiger partial charge < -0.3 is 5.11 Å². The van der Waals surface area contributed by atoms with Crippen LogP contribution in [0.1, 0.15) is 11.1 Å². The summed E-state index contributed by atoms with van der Waals surface area (Å²) < 4.78 is 27.1. The number of likely N-dealkylation sites (N-methyl/N-ethyl adjacent to an activating group) is 1. The van der Waals surface area contributed by atoms with E-state index in [4.69, 9.17) is 5.26 Å². The first-order chi connectivity index (χ1) is 14.4. The molecule has 1 unspecified atom stereocenters. The van der Waals surface area contributed by atoms with E-state index in [2.05, 4.69) is 21.9 Å². The monoisotopic (exact) mass is 428 g/mol. The molecular weight excluding hydrogens is 400 g/mol. The first kappa shape index (κ1) is 22.4. The second-order valence-electron chi connectivity index (χ2n) is 7.68. The summed E-state index contributed by atoms with van der Waals surface area (Å²) in [5, 5.41) is 19.3. The van der Waals surface area contributed by atoms with Crippen molar-refractivity contribution in [3.05, 3.63) is 65.7 Å². The molecule has 0 radical (unpaired) electrons. The Kier molecular flexibility index (Phi) is 7.58. The molecule has 1 heterocycles. The van der Waals surface area contributed by atoms with E-state index >= 15 is 0 Å². The van der Waals surface area contributed by atoms with Crippen molar-refractivity contribution in [3.63, 3.8) is 0 Å². The smallest absolute Gasteiger partial charge is 0.243 e. The molecule has 0 bridgehead atoms. The molecule has 3 rings (SSSR count). The standard InChI is InChI=1S/C22H28N4O3S/c1-24(16-20-5-3-2-4-6-20)17-21(27)18-25-11-13-26(14-12-25)30(28,29)22-9-7-19(15-23)8-10-22/h2-10,21,27H,11-14,16-18H2,1H3. The van der Waals surface area contributed by atoms with Crippen molar-refractivity contribution in [1.82, 2.24) is 14.1 Å². The fourth-order valence-corrected chi connectivity index (χ4v) is 5.10. The summed E-state index contributed by atoms with van der Waals surface area (Å²) in [4.78, 5) is 4.40. The lowest BCUT2D eigenvalue weighted by Gasteiger charge is -2.35. The molecular formula is C22H28N4O3S. The Balaban J connectivity index is 1.47. The molecule has 0 saturated carbocycles. The van der Waals surface area contributed by atoms with E-state index in [0.29, 0.717) is 44.8 Å². The zero-order valence-corrected chi connectivity index (χ0v) is 18.0. The lowest BCUT2D eigenvalue weighted by atomic mass is 10.2. The second kappa shape index (κ2) is 10.2. The van der Waals surface area contributed by atoms with Crippen molar-refractivity contribution < 1.29 is 13.5 Å². The molecule has 1 atom stereocenters. The highest BCUT2D eigenvalue weighted by molar-refractivity contribution is 7.89. The van der Waals surface area contributed by atoms with E-state index in [1.165, 1.54) is 34.1 Å². The van der Waals surface area contributed by atoms with Gasteiger partial charge >= 0.3 is 0 Å². The van der Waals surface area contributed by atoms with Gasteiger partial charge in [-0.2, -0.15) is 9.57 Å². The van der Waals surface area contributed by atoms with E-state index in [1.807, 2.05) is 31.3 Å². The van der Waals surface area contributed by atoms with Crippen LogP contribution in [0.2, 0.25) is 0 Å². The van der Waals surface area contributed by atoms with E-state index in [-0.39, 0.29) is 4.90 Å². The number of sulfonamides is 1. The fraction of sp³-hybridized carbons (Fsp3) is 0.409. The molecule has 2 aromatic carbocycles. The SMILES string of the molecule is CN(Cc1ccccc1)CC(O)CN1CCN(S(=O)(=O)c2ccc(C#N)cc2)CC1. The van der Waals surface area contributed by atoms with Gasteiger partial charge in [0.15, 0.2) is 0 Å². The van der Waals surface area contributed by atoms with Crippen LogP contribution in [0.4, 0.5) is 0 Å². The second-order valence-corrected chi connectivity index (χ2v) is 9.61. The van der Waals surface area contributed by atoms with Crippen LogP contribution in [-0.2, 0) is 16.6 Å². The van der Waals surface area contributed by atoms with Crippen molar-refractivity contribution in [1.29, 1.82) is 5.26 Å². The molecule has 8 heteroatoms. The first-order valence-corrected chi connectivity index (χ1v) is 11.5. The summed E-state index contributed by atoms with van der Waals surface area (Å²) in [6.07, 6.45) is -0.500. The van der Waals surface area contributed by atoms with E-state index < -0.39 is 16.1 Å². The Morgan fingerprint density at radius 3 is 2.30 bits per heavy atom. The van der Waals surface area contributed by atoms with Crippen LogP contribution in [0.25, 0.3) is 0 Å². The third-order valence-corrected chi connectivity index (χ3v) is 7.15. The maximum absolute atomic E-state index is 12.8. The zero-order valence-electron chi connectivity index (χ0n) is 17.2. The van der Waals surface area contributed by atoms with Gasteiger partial charge in [-0.1, -0.05) is 30.3 Å².